The third kappa shape index (κ3) is 9.48. The topological polar surface area (TPSA) is 97.0 Å². The fraction of sp³-hybridized carbons (Fsp3) is 0.833. The summed E-state index contributed by atoms with van der Waals surface area (Å²) in [6.45, 7) is 11.1. The molecular formula is C18H33N3O5. The Hall–Kier alpha value is -1.99. The van der Waals surface area contributed by atoms with E-state index >= 15 is 0 Å². The molecule has 0 bridgehead atoms. The second-order valence-corrected chi connectivity index (χ2v) is 7.97. The SMILES string of the molecule is CC(C)COC(=O)NC1CCN(C(=O)CCNC(=O)OC(C)(C)C)CC1. The lowest BCUT2D eigenvalue weighted by molar-refractivity contribution is -0.132. The van der Waals surface area contributed by atoms with Crippen LogP contribution in [-0.4, -0.2) is 60.9 Å². The molecule has 8 heteroatoms. The van der Waals surface area contributed by atoms with Gasteiger partial charge in [0.25, 0.3) is 0 Å². The first-order valence-electron chi connectivity index (χ1n) is 9.24. The summed E-state index contributed by atoms with van der Waals surface area (Å²) in [6.07, 6.45) is 0.704. The zero-order valence-electron chi connectivity index (χ0n) is 16.6. The number of ether oxygens (including phenoxy) is 2. The average molecular weight is 371 g/mol. The molecule has 1 heterocycles. The van der Waals surface area contributed by atoms with E-state index in [1.165, 1.54) is 0 Å². The molecule has 0 aromatic rings. The molecule has 1 aliphatic heterocycles. The van der Waals surface area contributed by atoms with Gasteiger partial charge >= 0.3 is 12.2 Å². The highest BCUT2D eigenvalue weighted by Crippen LogP contribution is 2.12. The number of hydrogen-bond donors (Lipinski definition) is 2. The molecule has 26 heavy (non-hydrogen) atoms. The standard InChI is InChI=1S/C18H33N3O5/c1-13(2)12-25-17(24)20-14-7-10-21(11-8-14)15(22)6-9-19-16(23)26-18(3,4)5/h13-14H,6-12H2,1-5H3,(H,19,23)(H,20,24). The molecule has 0 aromatic heterocycles. The number of nitrogens with one attached hydrogen (secondary N) is 2. The lowest BCUT2D eigenvalue weighted by Gasteiger charge is -2.32. The summed E-state index contributed by atoms with van der Waals surface area (Å²) in [6, 6.07) is 0.0265. The van der Waals surface area contributed by atoms with Crippen LogP contribution in [0.15, 0.2) is 0 Å². The van der Waals surface area contributed by atoms with Crippen LogP contribution in [0, 0.1) is 5.92 Å². The van der Waals surface area contributed by atoms with Crippen LogP contribution in [0.4, 0.5) is 9.59 Å². The van der Waals surface area contributed by atoms with E-state index in [1.54, 1.807) is 25.7 Å². The second-order valence-electron chi connectivity index (χ2n) is 7.97. The quantitative estimate of drug-likeness (QED) is 0.746. The molecule has 1 aliphatic rings. The molecule has 1 fully saturated rings. The van der Waals surface area contributed by atoms with Crippen LogP contribution in [0.2, 0.25) is 0 Å². The number of carbonyl (C=O) groups is 3. The van der Waals surface area contributed by atoms with Gasteiger partial charge in [-0.05, 0) is 39.5 Å². The van der Waals surface area contributed by atoms with Crippen LogP contribution in [0.1, 0.15) is 53.9 Å². The minimum absolute atomic E-state index is 0.0121. The lowest BCUT2D eigenvalue weighted by atomic mass is 10.0. The van der Waals surface area contributed by atoms with Crippen molar-refractivity contribution in [3.63, 3.8) is 0 Å². The highest BCUT2D eigenvalue weighted by atomic mass is 16.6. The van der Waals surface area contributed by atoms with Gasteiger partial charge in [0, 0.05) is 32.1 Å². The van der Waals surface area contributed by atoms with E-state index < -0.39 is 17.8 Å². The number of hydrogen-bond acceptors (Lipinski definition) is 5. The Morgan fingerprint density at radius 3 is 2.27 bits per heavy atom. The third-order valence-corrected chi connectivity index (χ3v) is 3.72. The first-order chi connectivity index (χ1) is 12.1. The maximum atomic E-state index is 12.2. The molecule has 0 spiro atoms. The Balaban J connectivity index is 2.21. The monoisotopic (exact) mass is 371 g/mol. The summed E-state index contributed by atoms with van der Waals surface area (Å²) in [4.78, 5) is 37.2. The summed E-state index contributed by atoms with van der Waals surface area (Å²) < 4.78 is 10.2. The van der Waals surface area contributed by atoms with Crippen molar-refractivity contribution in [2.75, 3.05) is 26.2 Å². The van der Waals surface area contributed by atoms with Gasteiger partial charge in [-0.2, -0.15) is 0 Å². The van der Waals surface area contributed by atoms with Gasteiger partial charge in [0.2, 0.25) is 5.91 Å². The first kappa shape index (κ1) is 22.1. The number of alkyl carbamates (subject to hydrolysis) is 2. The van der Waals surface area contributed by atoms with Crippen molar-refractivity contribution in [3.8, 4) is 0 Å². The van der Waals surface area contributed by atoms with Gasteiger partial charge in [-0.15, -0.1) is 0 Å². The van der Waals surface area contributed by atoms with E-state index in [0.29, 0.717) is 38.5 Å². The number of carbonyl (C=O) groups excluding carboxylic acids is 3. The van der Waals surface area contributed by atoms with Crippen molar-refractivity contribution in [1.82, 2.24) is 15.5 Å². The van der Waals surface area contributed by atoms with Crippen LogP contribution in [-0.2, 0) is 14.3 Å². The van der Waals surface area contributed by atoms with Crippen molar-refractivity contribution in [2.45, 2.75) is 65.5 Å². The summed E-state index contributed by atoms with van der Waals surface area (Å²) in [7, 11) is 0. The maximum Gasteiger partial charge on any atom is 0.407 e. The van der Waals surface area contributed by atoms with Crippen LogP contribution in [0.3, 0.4) is 0 Å². The number of rotatable bonds is 6. The Morgan fingerprint density at radius 1 is 1.12 bits per heavy atom. The van der Waals surface area contributed by atoms with Crippen LogP contribution >= 0.6 is 0 Å². The molecule has 1 rings (SSSR count). The van der Waals surface area contributed by atoms with E-state index in [1.807, 2.05) is 13.8 Å². The van der Waals surface area contributed by atoms with E-state index in [2.05, 4.69) is 10.6 Å². The fourth-order valence-corrected chi connectivity index (χ4v) is 2.47. The minimum Gasteiger partial charge on any atom is -0.449 e. The zero-order valence-corrected chi connectivity index (χ0v) is 16.6. The van der Waals surface area contributed by atoms with E-state index in [0.717, 1.165) is 0 Å². The van der Waals surface area contributed by atoms with Crippen molar-refractivity contribution >= 4 is 18.1 Å². The predicted octanol–water partition coefficient (Wildman–Crippen LogP) is 2.27. The van der Waals surface area contributed by atoms with Crippen molar-refractivity contribution in [1.29, 1.82) is 0 Å². The molecule has 1 saturated heterocycles. The van der Waals surface area contributed by atoms with E-state index in [4.69, 9.17) is 9.47 Å². The highest BCUT2D eigenvalue weighted by Gasteiger charge is 2.24. The highest BCUT2D eigenvalue weighted by molar-refractivity contribution is 5.77. The summed E-state index contributed by atoms with van der Waals surface area (Å²) in [5, 5.41) is 5.43. The molecule has 0 aromatic carbocycles. The fourth-order valence-electron chi connectivity index (χ4n) is 2.47. The minimum atomic E-state index is -0.556. The number of amides is 3. The smallest absolute Gasteiger partial charge is 0.407 e. The van der Waals surface area contributed by atoms with Gasteiger partial charge in [0.05, 0.1) is 6.61 Å². The molecule has 0 atom stereocenters. The second kappa shape index (κ2) is 10.2. The lowest BCUT2D eigenvalue weighted by Crippen LogP contribution is -2.47. The number of piperidine rings is 1. The van der Waals surface area contributed by atoms with Crippen molar-refractivity contribution in [2.24, 2.45) is 5.92 Å². The van der Waals surface area contributed by atoms with Gasteiger partial charge in [-0.1, -0.05) is 13.8 Å². The van der Waals surface area contributed by atoms with Crippen LogP contribution in [0.5, 0.6) is 0 Å². The largest absolute Gasteiger partial charge is 0.449 e. The van der Waals surface area contributed by atoms with Crippen molar-refractivity contribution < 1.29 is 23.9 Å². The summed E-state index contributed by atoms with van der Waals surface area (Å²) in [5.74, 6) is 0.288. The van der Waals surface area contributed by atoms with Crippen LogP contribution < -0.4 is 10.6 Å². The molecular weight excluding hydrogens is 338 g/mol. The zero-order chi connectivity index (χ0) is 19.7. The van der Waals surface area contributed by atoms with Gasteiger partial charge in [-0.25, -0.2) is 9.59 Å². The summed E-state index contributed by atoms with van der Waals surface area (Å²) >= 11 is 0. The van der Waals surface area contributed by atoms with Gasteiger partial charge in [-0.3, -0.25) is 4.79 Å². The summed E-state index contributed by atoms with van der Waals surface area (Å²) in [5.41, 5.74) is -0.556. The average Bonchev–Trinajstić information content (AvgIpc) is 2.51. The molecule has 0 radical (unpaired) electrons. The van der Waals surface area contributed by atoms with Gasteiger partial charge < -0.3 is 25.0 Å². The Kier molecular flexibility index (Phi) is 8.68. The van der Waals surface area contributed by atoms with E-state index in [9.17, 15) is 14.4 Å². The van der Waals surface area contributed by atoms with Crippen LogP contribution in [0.25, 0.3) is 0 Å². The molecule has 0 unspecified atom stereocenters. The molecule has 0 aliphatic carbocycles. The Morgan fingerprint density at radius 2 is 1.73 bits per heavy atom. The molecule has 0 saturated carbocycles. The Labute approximate surface area is 156 Å². The molecule has 3 amide bonds. The Bertz CT molecular complexity index is 480. The number of likely N-dealkylation sites (tertiary alicyclic amines) is 1. The number of nitrogens with zero attached hydrogens (tertiary/aromatic N) is 1. The maximum absolute atomic E-state index is 12.2. The first-order valence-corrected chi connectivity index (χ1v) is 9.24. The molecule has 150 valence electrons. The molecule has 2 N–H and O–H groups in total. The predicted molar refractivity (Wildman–Crippen MR) is 97.8 cm³/mol. The van der Waals surface area contributed by atoms with Crippen molar-refractivity contribution in [3.05, 3.63) is 0 Å². The third-order valence-electron chi connectivity index (χ3n) is 3.72. The van der Waals surface area contributed by atoms with Gasteiger partial charge in [0.15, 0.2) is 0 Å². The van der Waals surface area contributed by atoms with E-state index in [-0.39, 0.29) is 24.9 Å². The van der Waals surface area contributed by atoms with Gasteiger partial charge in [0.1, 0.15) is 5.60 Å². The normalized spacial score (nSPS) is 15.5. The molecule has 8 nitrogen and oxygen atoms in total.